The van der Waals surface area contributed by atoms with Gasteiger partial charge in [0.2, 0.25) is 0 Å². The fourth-order valence-corrected chi connectivity index (χ4v) is 1.08. The Labute approximate surface area is 72.6 Å². The lowest BCUT2D eigenvalue weighted by Crippen LogP contribution is -1.68. The predicted molar refractivity (Wildman–Crippen MR) is 52.2 cm³/mol. The molecule has 0 spiro atoms. The second kappa shape index (κ2) is 3.90. The molecule has 0 bridgehead atoms. The van der Waals surface area contributed by atoms with E-state index in [2.05, 4.69) is 9.97 Å². The Balaban J connectivity index is 0.000000336. The van der Waals surface area contributed by atoms with Crippen LogP contribution in [-0.4, -0.2) is 9.97 Å². The van der Waals surface area contributed by atoms with Gasteiger partial charge in [0, 0.05) is 0 Å². The van der Waals surface area contributed by atoms with E-state index in [-0.39, 0.29) is 0 Å². The average molecular weight is 162 g/mol. The van der Waals surface area contributed by atoms with Crippen molar-refractivity contribution < 1.29 is 0 Å². The lowest BCUT2D eigenvalue weighted by Gasteiger charge is -1.81. The van der Waals surface area contributed by atoms with Crippen molar-refractivity contribution in [2.45, 2.75) is 20.8 Å². The molecular weight excluding hydrogens is 148 g/mol. The number of H-pyrrole nitrogens is 1. The molecule has 12 heavy (non-hydrogen) atoms. The molecule has 0 unspecified atom stereocenters. The fourth-order valence-electron chi connectivity index (χ4n) is 1.08. The van der Waals surface area contributed by atoms with E-state index in [9.17, 15) is 0 Å². The minimum Gasteiger partial charge on any atom is -0.342 e. The van der Waals surface area contributed by atoms with Crippen molar-refractivity contribution in [1.82, 2.24) is 9.97 Å². The lowest BCUT2D eigenvalue weighted by atomic mass is 10.3. The van der Waals surface area contributed by atoms with Gasteiger partial charge in [-0.25, -0.2) is 4.98 Å². The maximum absolute atomic E-state index is 4.26. The summed E-state index contributed by atoms with van der Waals surface area (Å²) in [5.41, 5.74) is 2.15. The van der Waals surface area contributed by atoms with E-state index in [1.807, 2.05) is 45.0 Å². The van der Waals surface area contributed by atoms with E-state index in [0.29, 0.717) is 0 Å². The van der Waals surface area contributed by atoms with Gasteiger partial charge >= 0.3 is 0 Å². The molecule has 0 aliphatic carbocycles. The molecule has 0 radical (unpaired) electrons. The Hall–Kier alpha value is -1.31. The molecule has 0 amide bonds. The zero-order chi connectivity index (χ0) is 8.97. The molecule has 0 aliphatic heterocycles. The van der Waals surface area contributed by atoms with E-state index >= 15 is 0 Å². The maximum atomic E-state index is 4.26. The molecule has 2 rings (SSSR count). The zero-order valence-electron chi connectivity index (χ0n) is 7.76. The first-order valence-corrected chi connectivity index (χ1v) is 4.27. The van der Waals surface area contributed by atoms with Crippen LogP contribution in [0.3, 0.4) is 0 Å². The van der Waals surface area contributed by atoms with Crippen LogP contribution in [0.25, 0.3) is 11.0 Å². The number of nitrogens with zero attached hydrogens (tertiary/aromatic N) is 1. The van der Waals surface area contributed by atoms with Crippen molar-refractivity contribution >= 4 is 11.0 Å². The number of fused-ring (bicyclic) bond motifs is 1. The van der Waals surface area contributed by atoms with Gasteiger partial charge in [0.25, 0.3) is 0 Å². The van der Waals surface area contributed by atoms with E-state index in [1.165, 1.54) is 0 Å². The molecule has 0 aliphatic rings. The van der Waals surface area contributed by atoms with Gasteiger partial charge in [-0.15, -0.1) is 0 Å². The maximum Gasteiger partial charge on any atom is 0.104 e. The SMILES string of the molecule is CC.Cc1nc2ccccc2[nH]1. The van der Waals surface area contributed by atoms with Crippen LogP contribution in [0.5, 0.6) is 0 Å². The van der Waals surface area contributed by atoms with Crippen LogP contribution >= 0.6 is 0 Å². The number of rotatable bonds is 0. The molecular formula is C10H14N2. The monoisotopic (exact) mass is 162 g/mol. The second-order valence-corrected chi connectivity index (χ2v) is 2.34. The minimum absolute atomic E-state index is 0.973. The molecule has 1 aromatic heterocycles. The van der Waals surface area contributed by atoms with Gasteiger partial charge < -0.3 is 4.98 Å². The molecule has 1 heterocycles. The van der Waals surface area contributed by atoms with Gasteiger partial charge in [-0.2, -0.15) is 0 Å². The van der Waals surface area contributed by atoms with Crippen molar-refractivity contribution in [3.05, 3.63) is 30.1 Å². The molecule has 1 aromatic carbocycles. The van der Waals surface area contributed by atoms with Gasteiger partial charge in [-0.05, 0) is 19.1 Å². The van der Waals surface area contributed by atoms with Crippen molar-refractivity contribution in [2.75, 3.05) is 0 Å². The minimum atomic E-state index is 0.973. The number of hydrogen-bond acceptors (Lipinski definition) is 1. The number of nitrogens with one attached hydrogen (secondary N) is 1. The van der Waals surface area contributed by atoms with E-state index in [0.717, 1.165) is 16.9 Å². The van der Waals surface area contributed by atoms with Gasteiger partial charge in [0.05, 0.1) is 11.0 Å². The standard InChI is InChI=1S/C8H8N2.C2H6/c1-6-9-7-4-2-3-5-8(7)10-6;1-2/h2-5H,1H3,(H,9,10);1-2H3. The molecule has 64 valence electrons. The highest BCUT2D eigenvalue weighted by molar-refractivity contribution is 5.74. The Morgan fingerprint density at radius 1 is 1.17 bits per heavy atom. The van der Waals surface area contributed by atoms with Gasteiger partial charge in [0.15, 0.2) is 0 Å². The smallest absolute Gasteiger partial charge is 0.104 e. The molecule has 1 N–H and O–H groups in total. The highest BCUT2D eigenvalue weighted by Crippen LogP contribution is 2.08. The second-order valence-electron chi connectivity index (χ2n) is 2.34. The van der Waals surface area contributed by atoms with E-state index in [1.54, 1.807) is 0 Å². The summed E-state index contributed by atoms with van der Waals surface area (Å²) in [5.74, 6) is 0.973. The molecule has 0 fully saturated rings. The molecule has 0 saturated heterocycles. The molecule has 2 aromatic rings. The first-order chi connectivity index (χ1) is 5.86. The third kappa shape index (κ3) is 1.64. The third-order valence-electron chi connectivity index (χ3n) is 1.51. The van der Waals surface area contributed by atoms with Crippen LogP contribution in [0, 0.1) is 6.92 Å². The predicted octanol–water partition coefficient (Wildman–Crippen LogP) is 2.90. The number of benzene rings is 1. The van der Waals surface area contributed by atoms with Crippen LogP contribution in [0.2, 0.25) is 0 Å². The molecule has 0 saturated carbocycles. The number of hydrogen-bond donors (Lipinski definition) is 1. The van der Waals surface area contributed by atoms with Crippen molar-refractivity contribution in [1.29, 1.82) is 0 Å². The van der Waals surface area contributed by atoms with Gasteiger partial charge in [0.1, 0.15) is 5.82 Å². The summed E-state index contributed by atoms with van der Waals surface area (Å²) < 4.78 is 0. The molecule has 2 nitrogen and oxygen atoms in total. The highest BCUT2D eigenvalue weighted by atomic mass is 14.9. The fraction of sp³-hybridized carbons (Fsp3) is 0.300. The lowest BCUT2D eigenvalue weighted by molar-refractivity contribution is 1.17. The Morgan fingerprint density at radius 3 is 2.50 bits per heavy atom. The average Bonchev–Trinajstić information content (AvgIpc) is 2.48. The summed E-state index contributed by atoms with van der Waals surface area (Å²) in [5, 5.41) is 0. The third-order valence-corrected chi connectivity index (χ3v) is 1.51. The Bertz CT molecular complexity index is 316. The quantitative estimate of drug-likeness (QED) is 0.634. The summed E-state index contributed by atoms with van der Waals surface area (Å²) in [6.07, 6.45) is 0. The summed E-state index contributed by atoms with van der Waals surface area (Å²) in [6.45, 7) is 5.96. The summed E-state index contributed by atoms with van der Waals surface area (Å²) in [4.78, 5) is 7.40. The summed E-state index contributed by atoms with van der Waals surface area (Å²) >= 11 is 0. The first kappa shape index (κ1) is 8.78. The van der Waals surface area contributed by atoms with Crippen LogP contribution in [0.4, 0.5) is 0 Å². The summed E-state index contributed by atoms with van der Waals surface area (Å²) in [7, 11) is 0. The van der Waals surface area contributed by atoms with Crippen LogP contribution in [0.1, 0.15) is 19.7 Å². The van der Waals surface area contributed by atoms with E-state index < -0.39 is 0 Å². The largest absolute Gasteiger partial charge is 0.342 e. The number of aromatic amines is 1. The molecule has 0 atom stereocenters. The summed E-state index contributed by atoms with van der Waals surface area (Å²) in [6, 6.07) is 8.01. The van der Waals surface area contributed by atoms with E-state index in [4.69, 9.17) is 0 Å². The molecule has 2 heteroatoms. The highest BCUT2D eigenvalue weighted by Gasteiger charge is 1.93. The van der Waals surface area contributed by atoms with Gasteiger partial charge in [-0.1, -0.05) is 26.0 Å². The number of imidazole rings is 1. The Kier molecular flexibility index (Phi) is 2.86. The van der Waals surface area contributed by atoms with Crippen molar-refractivity contribution in [3.63, 3.8) is 0 Å². The number of aryl methyl sites for hydroxylation is 1. The zero-order valence-corrected chi connectivity index (χ0v) is 7.76. The Morgan fingerprint density at radius 2 is 1.83 bits per heavy atom. The van der Waals surface area contributed by atoms with Crippen molar-refractivity contribution in [2.24, 2.45) is 0 Å². The van der Waals surface area contributed by atoms with Gasteiger partial charge in [-0.3, -0.25) is 0 Å². The van der Waals surface area contributed by atoms with Crippen LogP contribution in [-0.2, 0) is 0 Å². The number of aromatic nitrogens is 2. The first-order valence-electron chi connectivity index (χ1n) is 4.27. The topological polar surface area (TPSA) is 28.7 Å². The normalized spacial score (nSPS) is 9.25. The van der Waals surface area contributed by atoms with Crippen LogP contribution < -0.4 is 0 Å². The van der Waals surface area contributed by atoms with Crippen molar-refractivity contribution in [3.8, 4) is 0 Å². The van der Waals surface area contributed by atoms with Crippen LogP contribution in [0.15, 0.2) is 24.3 Å². The number of para-hydroxylation sites is 2.